The summed E-state index contributed by atoms with van der Waals surface area (Å²) < 4.78 is 6.09. The SMILES string of the molecule is CCCCCCC1CCC(COc2ccc(-c3ccc(/C=C/C(=O)O)cc3)cc2)CC1. The van der Waals surface area contributed by atoms with Crippen molar-refractivity contribution < 1.29 is 14.6 Å². The Hall–Kier alpha value is -2.55. The molecule has 1 fully saturated rings. The van der Waals surface area contributed by atoms with Gasteiger partial charge in [0.2, 0.25) is 0 Å². The van der Waals surface area contributed by atoms with Crippen LogP contribution in [0.4, 0.5) is 0 Å². The molecular weight excluding hydrogens is 384 g/mol. The van der Waals surface area contributed by atoms with E-state index in [-0.39, 0.29) is 0 Å². The zero-order valence-corrected chi connectivity index (χ0v) is 18.8. The molecule has 31 heavy (non-hydrogen) atoms. The smallest absolute Gasteiger partial charge is 0.328 e. The van der Waals surface area contributed by atoms with Gasteiger partial charge >= 0.3 is 5.97 Å². The first kappa shape index (κ1) is 23.1. The van der Waals surface area contributed by atoms with E-state index in [1.807, 2.05) is 36.4 Å². The second kappa shape index (κ2) is 12.3. The average Bonchev–Trinajstić information content (AvgIpc) is 2.81. The Kier molecular flexibility index (Phi) is 9.20. The Balaban J connectivity index is 1.41. The van der Waals surface area contributed by atoms with E-state index in [2.05, 4.69) is 19.1 Å². The number of ether oxygens (including phenoxy) is 1. The van der Waals surface area contributed by atoms with Gasteiger partial charge in [0, 0.05) is 6.08 Å². The van der Waals surface area contributed by atoms with Gasteiger partial charge in [-0.3, -0.25) is 0 Å². The molecule has 0 unspecified atom stereocenters. The van der Waals surface area contributed by atoms with Gasteiger partial charge in [-0.05, 0) is 59.6 Å². The van der Waals surface area contributed by atoms with Crippen LogP contribution in [0.2, 0.25) is 0 Å². The number of aliphatic carboxylic acids is 1. The van der Waals surface area contributed by atoms with Crippen LogP contribution in [0.3, 0.4) is 0 Å². The predicted octanol–water partition coefficient (Wildman–Crippen LogP) is 7.61. The highest BCUT2D eigenvalue weighted by Crippen LogP contribution is 2.32. The molecule has 1 saturated carbocycles. The summed E-state index contributed by atoms with van der Waals surface area (Å²) >= 11 is 0. The number of unbranched alkanes of at least 4 members (excludes halogenated alkanes) is 3. The summed E-state index contributed by atoms with van der Waals surface area (Å²) in [6.07, 6.45) is 15.1. The average molecular weight is 421 g/mol. The van der Waals surface area contributed by atoms with E-state index in [0.29, 0.717) is 5.92 Å². The summed E-state index contributed by atoms with van der Waals surface area (Å²) in [6.45, 7) is 3.10. The summed E-state index contributed by atoms with van der Waals surface area (Å²) in [5, 5.41) is 8.72. The summed E-state index contributed by atoms with van der Waals surface area (Å²) in [4.78, 5) is 10.6. The van der Waals surface area contributed by atoms with Gasteiger partial charge in [0.1, 0.15) is 5.75 Å². The predicted molar refractivity (Wildman–Crippen MR) is 128 cm³/mol. The standard InChI is InChI=1S/C28H36O3/c1-2-3-4-5-6-22-7-9-24(10-8-22)21-31-27-18-16-26(17-19-27)25-14-11-23(12-15-25)13-20-28(29)30/h11-20,22,24H,2-10,21H2,1H3,(H,29,30)/b20-13+. The number of rotatable bonds is 11. The number of hydrogen-bond acceptors (Lipinski definition) is 2. The molecule has 166 valence electrons. The molecule has 3 nitrogen and oxygen atoms in total. The van der Waals surface area contributed by atoms with Crippen molar-refractivity contribution in [1.29, 1.82) is 0 Å². The molecule has 0 heterocycles. The van der Waals surface area contributed by atoms with Gasteiger partial charge in [0.25, 0.3) is 0 Å². The minimum atomic E-state index is -0.935. The minimum absolute atomic E-state index is 0.693. The van der Waals surface area contributed by atoms with E-state index < -0.39 is 5.97 Å². The molecule has 0 saturated heterocycles. The Bertz CT molecular complexity index is 812. The molecule has 0 aromatic heterocycles. The van der Waals surface area contributed by atoms with Gasteiger partial charge in [-0.2, -0.15) is 0 Å². The van der Waals surface area contributed by atoms with Crippen molar-refractivity contribution in [2.75, 3.05) is 6.61 Å². The van der Waals surface area contributed by atoms with Crippen LogP contribution in [0.1, 0.15) is 70.3 Å². The van der Waals surface area contributed by atoms with Crippen LogP contribution < -0.4 is 4.74 Å². The topological polar surface area (TPSA) is 46.5 Å². The maximum Gasteiger partial charge on any atom is 0.328 e. The van der Waals surface area contributed by atoms with Gasteiger partial charge in [-0.15, -0.1) is 0 Å². The van der Waals surface area contributed by atoms with Crippen LogP contribution in [0, 0.1) is 11.8 Å². The van der Waals surface area contributed by atoms with Gasteiger partial charge in [-0.1, -0.05) is 88.3 Å². The fourth-order valence-electron chi connectivity index (χ4n) is 4.46. The van der Waals surface area contributed by atoms with Gasteiger partial charge in [-0.25, -0.2) is 4.79 Å². The molecule has 1 N–H and O–H groups in total. The van der Waals surface area contributed by atoms with E-state index in [1.54, 1.807) is 6.08 Å². The highest BCUT2D eigenvalue weighted by atomic mass is 16.5. The maximum absolute atomic E-state index is 10.6. The summed E-state index contributed by atoms with van der Waals surface area (Å²) in [5.41, 5.74) is 3.11. The summed E-state index contributed by atoms with van der Waals surface area (Å²) in [7, 11) is 0. The van der Waals surface area contributed by atoms with Crippen LogP contribution >= 0.6 is 0 Å². The van der Waals surface area contributed by atoms with E-state index in [0.717, 1.165) is 41.0 Å². The third-order valence-corrected chi connectivity index (χ3v) is 6.43. The lowest BCUT2D eigenvalue weighted by atomic mass is 9.80. The quantitative estimate of drug-likeness (QED) is 0.300. The van der Waals surface area contributed by atoms with Crippen LogP contribution in [0.25, 0.3) is 17.2 Å². The molecule has 1 aliphatic rings. The molecule has 2 aromatic carbocycles. The van der Waals surface area contributed by atoms with E-state index >= 15 is 0 Å². The van der Waals surface area contributed by atoms with Crippen molar-refractivity contribution >= 4 is 12.0 Å². The first-order valence-corrected chi connectivity index (χ1v) is 11.9. The lowest BCUT2D eigenvalue weighted by molar-refractivity contribution is -0.131. The molecular formula is C28H36O3. The number of carbonyl (C=O) groups is 1. The number of carboxylic acids is 1. The largest absolute Gasteiger partial charge is 0.493 e. The summed E-state index contributed by atoms with van der Waals surface area (Å²) in [6, 6.07) is 16.2. The second-order valence-corrected chi connectivity index (χ2v) is 8.87. The fraction of sp³-hybridized carbons (Fsp3) is 0.464. The molecule has 0 spiro atoms. The van der Waals surface area contributed by atoms with Crippen LogP contribution in [0.5, 0.6) is 5.75 Å². The van der Waals surface area contributed by atoms with Gasteiger partial charge in [0.05, 0.1) is 6.61 Å². The highest BCUT2D eigenvalue weighted by Gasteiger charge is 2.21. The highest BCUT2D eigenvalue weighted by molar-refractivity contribution is 5.85. The van der Waals surface area contributed by atoms with Crippen molar-refractivity contribution in [2.24, 2.45) is 11.8 Å². The minimum Gasteiger partial charge on any atom is -0.493 e. The number of hydrogen-bond donors (Lipinski definition) is 1. The van der Waals surface area contributed by atoms with Crippen LogP contribution in [-0.2, 0) is 4.79 Å². The Morgan fingerprint density at radius 2 is 1.52 bits per heavy atom. The molecule has 3 heteroatoms. The first-order valence-electron chi connectivity index (χ1n) is 11.9. The molecule has 0 aliphatic heterocycles. The van der Waals surface area contributed by atoms with Crippen molar-refractivity contribution in [3.05, 3.63) is 60.2 Å². The second-order valence-electron chi connectivity index (χ2n) is 8.87. The van der Waals surface area contributed by atoms with Crippen LogP contribution in [-0.4, -0.2) is 17.7 Å². The molecule has 0 radical (unpaired) electrons. The number of benzene rings is 2. The Labute approximate surface area is 187 Å². The lowest BCUT2D eigenvalue weighted by Crippen LogP contribution is -2.20. The zero-order chi connectivity index (χ0) is 21.9. The Morgan fingerprint density at radius 1 is 0.903 bits per heavy atom. The first-order chi connectivity index (χ1) is 15.1. The van der Waals surface area contributed by atoms with Gasteiger partial charge < -0.3 is 9.84 Å². The Morgan fingerprint density at radius 3 is 2.13 bits per heavy atom. The van der Waals surface area contributed by atoms with E-state index in [9.17, 15) is 4.79 Å². The summed E-state index contributed by atoms with van der Waals surface area (Å²) in [5.74, 6) is 1.64. The third-order valence-electron chi connectivity index (χ3n) is 6.43. The normalized spacial score (nSPS) is 18.9. The molecule has 0 amide bonds. The lowest BCUT2D eigenvalue weighted by Gasteiger charge is -2.28. The van der Waals surface area contributed by atoms with Crippen molar-refractivity contribution in [3.8, 4) is 16.9 Å². The van der Waals surface area contributed by atoms with Crippen molar-refractivity contribution in [1.82, 2.24) is 0 Å². The van der Waals surface area contributed by atoms with E-state index in [1.165, 1.54) is 57.8 Å². The molecule has 3 rings (SSSR count). The monoisotopic (exact) mass is 420 g/mol. The molecule has 0 atom stereocenters. The number of carboxylic acid groups (broad SMARTS) is 1. The maximum atomic E-state index is 10.6. The van der Waals surface area contributed by atoms with Crippen molar-refractivity contribution in [2.45, 2.75) is 64.7 Å². The third kappa shape index (κ3) is 7.90. The molecule has 1 aliphatic carbocycles. The zero-order valence-electron chi connectivity index (χ0n) is 18.8. The fourth-order valence-corrected chi connectivity index (χ4v) is 4.46. The van der Waals surface area contributed by atoms with Crippen LogP contribution in [0.15, 0.2) is 54.6 Å². The van der Waals surface area contributed by atoms with Gasteiger partial charge in [0.15, 0.2) is 0 Å². The van der Waals surface area contributed by atoms with Crippen molar-refractivity contribution in [3.63, 3.8) is 0 Å². The molecule has 2 aromatic rings. The molecule has 0 bridgehead atoms. The van der Waals surface area contributed by atoms with E-state index in [4.69, 9.17) is 9.84 Å².